The highest BCUT2D eigenvalue weighted by Gasteiger charge is 2.16. The van der Waals surface area contributed by atoms with Gasteiger partial charge in [-0.05, 0) is 36.5 Å². The van der Waals surface area contributed by atoms with E-state index in [9.17, 15) is 0 Å². The van der Waals surface area contributed by atoms with E-state index in [4.69, 9.17) is 10.5 Å². The van der Waals surface area contributed by atoms with Crippen LogP contribution in [0.4, 0.5) is 0 Å². The molecule has 76 valence electrons. The van der Waals surface area contributed by atoms with Gasteiger partial charge in [0.15, 0.2) is 0 Å². The number of rotatable bonds is 2. The van der Waals surface area contributed by atoms with Crippen molar-refractivity contribution in [2.45, 2.75) is 32.2 Å². The van der Waals surface area contributed by atoms with Crippen LogP contribution in [0.5, 0.6) is 5.75 Å². The molecule has 2 N–H and O–H groups in total. The zero-order valence-corrected chi connectivity index (χ0v) is 8.62. The first kappa shape index (κ1) is 9.53. The highest BCUT2D eigenvalue weighted by molar-refractivity contribution is 5.42. The molecule has 1 heterocycles. The maximum atomic E-state index is 6.06. The Hall–Kier alpha value is -1.02. The largest absolute Gasteiger partial charge is 0.493 e. The van der Waals surface area contributed by atoms with Gasteiger partial charge in [0.25, 0.3) is 0 Å². The minimum atomic E-state index is 0.159. The molecule has 0 spiro atoms. The third kappa shape index (κ3) is 1.62. The number of fused-ring (bicyclic) bond motifs is 1. The summed E-state index contributed by atoms with van der Waals surface area (Å²) in [4.78, 5) is 0. The van der Waals surface area contributed by atoms with E-state index >= 15 is 0 Å². The summed E-state index contributed by atoms with van der Waals surface area (Å²) in [6, 6.07) is 6.36. The Kier molecular flexibility index (Phi) is 2.73. The van der Waals surface area contributed by atoms with Crippen molar-refractivity contribution in [3.05, 3.63) is 29.3 Å². The lowest BCUT2D eigenvalue weighted by molar-refractivity contribution is 0.287. The second-order valence-corrected chi connectivity index (χ2v) is 3.79. The summed E-state index contributed by atoms with van der Waals surface area (Å²) in [5, 5.41) is 0. The number of hydrogen-bond donors (Lipinski definition) is 1. The van der Waals surface area contributed by atoms with Gasteiger partial charge in [0, 0.05) is 6.04 Å². The Labute approximate surface area is 85.1 Å². The summed E-state index contributed by atoms with van der Waals surface area (Å²) in [7, 11) is 0. The van der Waals surface area contributed by atoms with Crippen LogP contribution in [0.15, 0.2) is 18.2 Å². The predicted molar refractivity (Wildman–Crippen MR) is 57.5 cm³/mol. The van der Waals surface area contributed by atoms with Gasteiger partial charge in [0.1, 0.15) is 5.75 Å². The number of ether oxygens (including phenoxy) is 1. The maximum Gasteiger partial charge on any atom is 0.122 e. The van der Waals surface area contributed by atoms with Gasteiger partial charge in [0.05, 0.1) is 6.61 Å². The first-order valence-electron chi connectivity index (χ1n) is 5.33. The van der Waals surface area contributed by atoms with Crippen LogP contribution in [0.2, 0.25) is 0 Å². The molecule has 0 saturated carbocycles. The molecule has 1 aliphatic rings. The second-order valence-electron chi connectivity index (χ2n) is 3.79. The van der Waals surface area contributed by atoms with Gasteiger partial charge < -0.3 is 10.5 Å². The lowest BCUT2D eigenvalue weighted by atomic mass is 9.94. The van der Waals surface area contributed by atoms with Gasteiger partial charge in [-0.3, -0.25) is 0 Å². The summed E-state index contributed by atoms with van der Waals surface area (Å²) in [5.74, 6) is 1.04. The van der Waals surface area contributed by atoms with Crippen LogP contribution in [0.1, 0.15) is 36.9 Å². The fourth-order valence-corrected chi connectivity index (χ4v) is 1.98. The van der Waals surface area contributed by atoms with Gasteiger partial charge in [-0.25, -0.2) is 0 Å². The fraction of sp³-hybridized carbons (Fsp3) is 0.500. The molecule has 0 radical (unpaired) electrons. The maximum absolute atomic E-state index is 6.06. The van der Waals surface area contributed by atoms with Gasteiger partial charge in [-0.1, -0.05) is 19.1 Å². The van der Waals surface area contributed by atoms with Gasteiger partial charge >= 0.3 is 0 Å². The fourth-order valence-electron chi connectivity index (χ4n) is 1.98. The molecule has 1 unspecified atom stereocenters. The Morgan fingerprint density at radius 2 is 2.36 bits per heavy atom. The molecule has 2 heteroatoms. The summed E-state index contributed by atoms with van der Waals surface area (Å²) in [5.41, 5.74) is 8.66. The molecule has 0 bridgehead atoms. The van der Waals surface area contributed by atoms with Crippen LogP contribution < -0.4 is 10.5 Å². The van der Waals surface area contributed by atoms with Crippen LogP contribution >= 0.6 is 0 Å². The van der Waals surface area contributed by atoms with E-state index in [1.54, 1.807) is 0 Å². The molecule has 1 aliphatic heterocycles. The van der Waals surface area contributed by atoms with Gasteiger partial charge in [0.2, 0.25) is 0 Å². The Morgan fingerprint density at radius 3 is 3.14 bits per heavy atom. The van der Waals surface area contributed by atoms with Crippen molar-refractivity contribution in [1.82, 2.24) is 0 Å². The minimum absolute atomic E-state index is 0.159. The number of hydrogen-bond acceptors (Lipinski definition) is 2. The van der Waals surface area contributed by atoms with Crippen molar-refractivity contribution in [3.8, 4) is 5.75 Å². The molecule has 0 aromatic heterocycles. The monoisotopic (exact) mass is 191 g/mol. The van der Waals surface area contributed by atoms with Crippen LogP contribution in [0, 0.1) is 0 Å². The van der Waals surface area contributed by atoms with Gasteiger partial charge in [-0.15, -0.1) is 0 Å². The zero-order valence-electron chi connectivity index (χ0n) is 8.62. The average molecular weight is 191 g/mol. The van der Waals surface area contributed by atoms with E-state index in [0.29, 0.717) is 0 Å². The smallest absolute Gasteiger partial charge is 0.122 e. The molecule has 1 atom stereocenters. The van der Waals surface area contributed by atoms with Crippen molar-refractivity contribution in [2.75, 3.05) is 6.61 Å². The molecule has 0 fully saturated rings. The Bertz CT molecular complexity index is 322. The predicted octanol–water partition coefficient (Wildman–Crippen LogP) is 2.42. The molecule has 1 aromatic rings. The molecule has 1 aromatic carbocycles. The van der Waals surface area contributed by atoms with Crippen molar-refractivity contribution in [1.29, 1.82) is 0 Å². The van der Waals surface area contributed by atoms with Crippen molar-refractivity contribution < 1.29 is 4.74 Å². The number of nitrogens with two attached hydrogens (primary N) is 1. The minimum Gasteiger partial charge on any atom is -0.493 e. The highest BCUT2D eigenvalue weighted by atomic mass is 16.5. The SMILES string of the molecule is CCC(N)c1cccc2c1CCCO2. The van der Waals surface area contributed by atoms with Crippen LogP contribution in [-0.4, -0.2) is 6.61 Å². The Balaban J connectivity index is 2.39. The van der Waals surface area contributed by atoms with Crippen LogP contribution in [-0.2, 0) is 6.42 Å². The first-order valence-corrected chi connectivity index (χ1v) is 5.33. The third-order valence-corrected chi connectivity index (χ3v) is 2.84. The van der Waals surface area contributed by atoms with E-state index in [0.717, 1.165) is 31.6 Å². The summed E-state index contributed by atoms with van der Waals surface area (Å²) >= 11 is 0. The lowest BCUT2D eigenvalue weighted by Gasteiger charge is -2.22. The van der Waals surface area contributed by atoms with E-state index in [2.05, 4.69) is 13.0 Å². The third-order valence-electron chi connectivity index (χ3n) is 2.84. The average Bonchev–Trinajstić information content (AvgIpc) is 2.27. The summed E-state index contributed by atoms with van der Waals surface area (Å²) in [6.45, 7) is 2.96. The van der Waals surface area contributed by atoms with Crippen LogP contribution in [0.25, 0.3) is 0 Å². The lowest BCUT2D eigenvalue weighted by Crippen LogP contribution is -2.16. The van der Waals surface area contributed by atoms with Crippen molar-refractivity contribution in [2.24, 2.45) is 5.73 Å². The van der Waals surface area contributed by atoms with E-state index in [1.807, 2.05) is 12.1 Å². The van der Waals surface area contributed by atoms with E-state index < -0.39 is 0 Å². The zero-order chi connectivity index (χ0) is 9.97. The topological polar surface area (TPSA) is 35.2 Å². The second kappa shape index (κ2) is 4.01. The molecule has 0 amide bonds. The molecular weight excluding hydrogens is 174 g/mol. The Morgan fingerprint density at radius 1 is 1.50 bits per heavy atom. The summed E-state index contributed by atoms with van der Waals surface area (Å²) < 4.78 is 5.60. The molecular formula is C12H17NO. The summed E-state index contributed by atoms with van der Waals surface area (Å²) in [6.07, 6.45) is 3.20. The molecule has 14 heavy (non-hydrogen) atoms. The number of benzene rings is 1. The standard InChI is InChI=1S/C12H17NO/c1-2-11(13)9-5-3-7-12-10(9)6-4-8-14-12/h3,5,7,11H,2,4,6,8,13H2,1H3. The van der Waals surface area contributed by atoms with Crippen LogP contribution in [0.3, 0.4) is 0 Å². The normalized spacial score (nSPS) is 17.0. The first-order chi connectivity index (χ1) is 6.83. The van der Waals surface area contributed by atoms with E-state index in [-0.39, 0.29) is 6.04 Å². The molecule has 2 nitrogen and oxygen atoms in total. The quantitative estimate of drug-likeness (QED) is 0.779. The van der Waals surface area contributed by atoms with Crippen molar-refractivity contribution in [3.63, 3.8) is 0 Å². The molecule has 2 rings (SSSR count). The van der Waals surface area contributed by atoms with E-state index in [1.165, 1.54) is 11.1 Å². The van der Waals surface area contributed by atoms with Gasteiger partial charge in [-0.2, -0.15) is 0 Å². The molecule has 0 aliphatic carbocycles. The van der Waals surface area contributed by atoms with Crippen molar-refractivity contribution >= 4 is 0 Å². The highest BCUT2D eigenvalue weighted by Crippen LogP contribution is 2.31. The molecule has 0 saturated heterocycles.